The molecule has 1 heteroatoms. The second-order valence-electron chi connectivity index (χ2n) is 8.40. The zero-order valence-electron chi connectivity index (χ0n) is 16.0. The van der Waals surface area contributed by atoms with Crippen LogP contribution in [0.1, 0.15) is 54.2 Å². The molecule has 1 nitrogen and oxygen atoms in total. The van der Waals surface area contributed by atoms with E-state index in [1.807, 2.05) is 0 Å². The second-order valence-corrected chi connectivity index (χ2v) is 8.40. The van der Waals surface area contributed by atoms with E-state index in [1.54, 1.807) is 0 Å². The standard InChI is InChI=1S/C24H25N/c1-14-11-15(2)13-17(12-14)23-19-9-10-20(24(4,5)6)18-8-7-16(3)22(25-23)21(18)19/h7-13H,1-6H3. The Morgan fingerprint density at radius 1 is 0.800 bits per heavy atom. The minimum absolute atomic E-state index is 0.119. The fourth-order valence-electron chi connectivity index (χ4n) is 4.03. The minimum atomic E-state index is 0.119. The summed E-state index contributed by atoms with van der Waals surface area (Å²) in [5, 5.41) is 2.66. The number of aliphatic imine (C=N–C) groups is 1. The Bertz CT molecular complexity index is 1030. The largest absolute Gasteiger partial charge is 0.247 e. The number of hydrogen-bond acceptors (Lipinski definition) is 1. The van der Waals surface area contributed by atoms with Crippen LogP contribution in [0.25, 0.3) is 10.8 Å². The first-order chi connectivity index (χ1) is 11.8. The van der Waals surface area contributed by atoms with Crippen molar-refractivity contribution in [3.63, 3.8) is 0 Å². The Morgan fingerprint density at radius 2 is 1.48 bits per heavy atom. The van der Waals surface area contributed by atoms with Crippen LogP contribution in [0.4, 0.5) is 5.69 Å². The number of nitrogens with zero attached hydrogens (tertiary/aromatic N) is 1. The summed E-state index contributed by atoms with van der Waals surface area (Å²) in [6.07, 6.45) is 0. The molecule has 1 heterocycles. The van der Waals surface area contributed by atoms with Crippen LogP contribution in [0, 0.1) is 20.8 Å². The summed E-state index contributed by atoms with van der Waals surface area (Å²) < 4.78 is 0. The Kier molecular flexibility index (Phi) is 3.40. The highest BCUT2D eigenvalue weighted by molar-refractivity contribution is 6.27. The number of aryl methyl sites for hydroxylation is 3. The zero-order chi connectivity index (χ0) is 17.9. The molecule has 0 amide bonds. The van der Waals surface area contributed by atoms with Crippen molar-refractivity contribution in [1.29, 1.82) is 0 Å². The van der Waals surface area contributed by atoms with Gasteiger partial charge in [0.25, 0.3) is 0 Å². The molecule has 25 heavy (non-hydrogen) atoms. The van der Waals surface area contributed by atoms with Crippen LogP contribution in [0.5, 0.6) is 0 Å². The van der Waals surface area contributed by atoms with Crippen molar-refractivity contribution in [3.05, 3.63) is 75.8 Å². The van der Waals surface area contributed by atoms with E-state index in [4.69, 9.17) is 4.99 Å². The molecule has 0 unspecified atom stereocenters. The molecule has 0 saturated heterocycles. The van der Waals surface area contributed by atoms with Gasteiger partial charge in [-0.25, -0.2) is 4.99 Å². The van der Waals surface area contributed by atoms with Crippen molar-refractivity contribution in [2.45, 2.75) is 47.0 Å². The predicted molar refractivity (Wildman–Crippen MR) is 109 cm³/mol. The van der Waals surface area contributed by atoms with Gasteiger partial charge in [0.15, 0.2) is 0 Å². The summed E-state index contributed by atoms with van der Waals surface area (Å²) in [7, 11) is 0. The van der Waals surface area contributed by atoms with Crippen molar-refractivity contribution in [3.8, 4) is 0 Å². The molecular formula is C24H25N. The third-order valence-electron chi connectivity index (χ3n) is 5.14. The van der Waals surface area contributed by atoms with Crippen LogP contribution >= 0.6 is 0 Å². The smallest absolute Gasteiger partial charge is 0.0789 e. The highest BCUT2D eigenvalue weighted by Crippen LogP contribution is 2.43. The quantitative estimate of drug-likeness (QED) is 0.376. The lowest BCUT2D eigenvalue weighted by Crippen LogP contribution is -2.12. The van der Waals surface area contributed by atoms with Gasteiger partial charge >= 0.3 is 0 Å². The molecule has 126 valence electrons. The Labute approximate surface area is 150 Å². The van der Waals surface area contributed by atoms with Crippen LogP contribution in [0.3, 0.4) is 0 Å². The van der Waals surface area contributed by atoms with E-state index in [1.165, 1.54) is 44.2 Å². The second kappa shape index (κ2) is 5.29. The van der Waals surface area contributed by atoms with E-state index in [0.29, 0.717) is 0 Å². The molecule has 0 aliphatic carbocycles. The molecule has 0 aromatic heterocycles. The number of hydrogen-bond donors (Lipinski definition) is 0. The van der Waals surface area contributed by atoms with Gasteiger partial charge < -0.3 is 0 Å². The summed E-state index contributed by atoms with van der Waals surface area (Å²) in [5.74, 6) is 0. The lowest BCUT2D eigenvalue weighted by Gasteiger charge is -2.22. The highest BCUT2D eigenvalue weighted by atomic mass is 14.8. The molecule has 0 atom stereocenters. The summed E-state index contributed by atoms with van der Waals surface area (Å²) in [6, 6.07) is 15.8. The first kappa shape index (κ1) is 16.1. The normalized spacial score (nSPS) is 13.4. The monoisotopic (exact) mass is 327 g/mol. The van der Waals surface area contributed by atoms with E-state index in [2.05, 4.69) is 84.0 Å². The lowest BCUT2D eigenvalue weighted by molar-refractivity contribution is 0.596. The molecule has 0 fully saturated rings. The van der Waals surface area contributed by atoms with Crippen molar-refractivity contribution in [1.82, 2.24) is 0 Å². The molecule has 3 aromatic rings. The molecule has 0 N–H and O–H groups in total. The van der Waals surface area contributed by atoms with Crippen molar-refractivity contribution >= 4 is 22.2 Å². The van der Waals surface area contributed by atoms with Gasteiger partial charge in [0.05, 0.1) is 11.4 Å². The zero-order valence-corrected chi connectivity index (χ0v) is 16.0. The van der Waals surface area contributed by atoms with Crippen LogP contribution in [-0.2, 0) is 5.41 Å². The fraction of sp³-hybridized carbons (Fsp3) is 0.292. The maximum Gasteiger partial charge on any atom is 0.0789 e. The van der Waals surface area contributed by atoms with Crippen molar-refractivity contribution in [2.24, 2.45) is 4.99 Å². The summed E-state index contributed by atoms with van der Waals surface area (Å²) in [4.78, 5) is 5.09. The predicted octanol–water partition coefficient (Wildman–Crippen LogP) is 6.55. The van der Waals surface area contributed by atoms with Gasteiger partial charge in [-0.05, 0) is 54.8 Å². The van der Waals surface area contributed by atoms with Crippen molar-refractivity contribution < 1.29 is 0 Å². The first-order valence-corrected chi connectivity index (χ1v) is 9.00. The first-order valence-electron chi connectivity index (χ1n) is 9.00. The summed E-state index contributed by atoms with van der Waals surface area (Å²) >= 11 is 0. The van der Waals surface area contributed by atoms with E-state index in [0.717, 1.165) is 11.4 Å². The average Bonchev–Trinajstić information content (AvgIpc) is 2.90. The molecule has 1 aliphatic rings. The SMILES string of the molecule is Cc1cc(C)cc(C2=Nc3c(C)ccc4c(C(C)(C)C)ccc2c34)c1. The van der Waals surface area contributed by atoms with Crippen LogP contribution in [0.2, 0.25) is 0 Å². The van der Waals surface area contributed by atoms with E-state index < -0.39 is 0 Å². The van der Waals surface area contributed by atoms with Gasteiger partial charge in [-0.3, -0.25) is 0 Å². The van der Waals surface area contributed by atoms with Gasteiger partial charge in [-0.1, -0.05) is 62.2 Å². The van der Waals surface area contributed by atoms with Gasteiger partial charge in [0.2, 0.25) is 0 Å². The van der Waals surface area contributed by atoms with Crippen LogP contribution in [-0.4, -0.2) is 5.71 Å². The van der Waals surface area contributed by atoms with E-state index in [-0.39, 0.29) is 5.41 Å². The van der Waals surface area contributed by atoms with E-state index >= 15 is 0 Å². The van der Waals surface area contributed by atoms with E-state index in [9.17, 15) is 0 Å². The van der Waals surface area contributed by atoms with Crippen molar-refractivity contribution in [2.75, 3.05) is 0 Å². The highest BCUT2D eigenvalue weighted by Gasteiger charge is 2.26. The van der Waals surface area contributed by atoms with Crippen LogP contribution in [0.15, 0.2) is 47.5 Å². The third-order valence-corrected chi connectivity index (χ3v) is 5.14. The molecular weight excluding hydrogens is 302 g/mol. The van der Waals surface area contributed by atoms with Gasteiger partial charge in [0, 0.05) is 16.5 Å². The lowest BCUT2D eigenvalue weighted by atomic mass is 9.81. The molecule has 0 bridgehead atoms. The summed E-state index contributed by atoms with van der Waals surface area (Å²) in [5.41, 5.74) is 10.1. The molecule has 1 aliphatic heterocycles. The Hall–Kier alpha value is -2.41. The Morgan fingerprint density at radius 3 is 2.12 bits per heavy atom. The molecule has 0 spiro atoms. The van der Waals surface area contributed by atoms with Crippen LogP contribution < -0.4 is 0 Å². The fourth-order valence-corrected chi connectivity index (χ4v) is 4.03. The minimum Gasteiger partial charge on any atom is -0.247 e. The molecule has 4 rings (SSSR count). The molecule has 3 aromatic carbocycles. The molecule has 0 saturated carbocycles. The van der Waals surface area contributed by atoms with Gasteiger partial charge in [0.1, 0.15) is 0 Å². The van der Waals surface area contributed by atoms with Gasteiger partial charge in [-0.15, -0.1) is 0 Å². The number of rotatable bonds is 1. The number of benzene rings is 3. The average molecular weight is 327 g/mol. The third kappa shape index (κ3) is 2.50. The molecule has 0 radical (unpaired) electrons. The maximum atomic E-state index is 5.09. The Balaban J connectivity index is 2.03. The maximum absolute atomic E-state index is 5.09. The topological polar surface area (TPSA) is 12.4 Å². The summed E-state index contributed by atoms with van der Waals surface area (Å²) in [6.45, 7) is 13.3. The van der Waals surface area contributed by atoms with Gasteiger partial charge in [-0.2, -0.15) is 0 Å².